The molecule has 0 aromatic heterocycles. The maximum Gasteiger partial charge on any atom is 0.191 e. The zero-order valence-electron chi connectivity index (χ0n) is 20.2. The molecule has 2 aliphatic carbocycles. The minimum Gasteiger partial charge on any atom is -0.489 e. The number of halogens is 1. The van der Waals surface area contributed by atoms with Gasteiger partial charge in [0.15, 0.2) is 5.41 Å². The van der Waals surface area contributed by atoms with E-state index in [-0.39, 0.29) is 11.6 Å². The summed E-state index contributed by atoms with van der Waals surface area (Å²) in [5.74, 6) is 0.149. The first kappa shape index (κ1) is 24.4. The van der Waals surface area contributed by atoms with Crippen LogP contribution in [-0.4, -0.2) is 0 Å². The van der Waals surface area contributed by atoms with Gasteiger partial charge in [0.2, 0.25) is 0 Å². The van der Waals surface area contributed by atoms with E-state index >= 15 is 0 Å². The number of allylic oxidation sites excluding steroid dienone is 4. The number of fused-ring (bicyclic) bond motifs is 1. The van der Waals surface area contributed by atoms with Crippen LogP contribution >= 0.6 is 11.6 Å². The number of hydrogen-bond donors (Lipinski definition) is 1. The Morgan fingerprint density at radius 1 is 1.11 bits per heavy atom. The normalized spacial score (nSPS) is 20.7. The predicted molar refractivity (Wildman–Crippen MR) is 135 cm³/mol. The smallest absolute Gasteiger partial charge is 0.191 e. The maximum atomic E-state index is 10.3. The van der Waals surface area contributed by atoms with Crippen LogP contribution in [0.3, 0.4) is 0 Å². The van der Waals surface area contributed by atoms with Crippen LogP contribution in [0.1, 0.15) is 53.0 Å². The third kappa shape index (κ3) is 4.05. The van der Waals surface area contributed by atoms with E-state index in [0.717, 1.165) is 58.4 Å². The first-order valence-corrected chi connectivity index (χ1v) is 12.1. The molecule has 0 saturated carbocycles. The highest BCUT2D eigenvalue weighted by atomic mass is 35.5. The van der Waals surface area contributed by atoms with Gasteiger partial charge in [-0.1, -0.05) is 35.4 Å². The lowest BCUT2D eigenvalue weighted by molar-refractivity contribution is 0.299. The van der Waals surface area contributed by atoms with Gasteiger partial charge in [-0.3, -0.25) is 0 Å². The molecule has 2 atom stereocenters. The second-order valence-corrected chi connectivity index (χ2v) is 9.88. The van der Waals surface area contributed by atoms with Gasteiger partial charge in [0.1, 0.15) is 18.4 Å². The van der Waals surface area contributed by atoms with Crippen molar-refractivity contribution in [2.75, 3.05) is 0 Å². The molecule has 176 valence electrons. The fourth-order valence-corrected chi connectivity index (χ4v) is 5.81. The van der Waals surface area contributed by atoms with Gasteiger partial charge < -0.3 is 10.5 Å². The zero-order chi connectivity index (χ0) is 25.3. The first-order valence-electron chi connectivity index (χ1n) is 11.7. The van der Waals surface area contributed by atoms with E-state index in [0.29, 0.717) is 17.2 Å². The fraction of sp³-hybridized carbons (Fsp3) is 0.345. The number of nitrogens with zero attached hydrogens (tertiary/aromatic N) is 3. The van der Waals surface area contributed by atoms with Crippen molar-refractivity contribution in [2.24, 2.45) is 17.1 Å². The summed E-state index contributed by atoms with van der Waals surface area (Å²) in [4.78, 5) is 0. The summed E-state index contributed by atoms with van der Waals surface area (Å²) < 4.78 is 6.15. The van der Waals surface area contributed by atoms with Crippen LogP contribution in [0.4, 0.5) is 0 Å². The van der Waals surface area contributed by atoms with Gasteiger partial charge in [-0.15, -0.1) is 0 Å². The second kappa shape index (κ2) is 9.50. The van der Waals surface area contributed by atoms with Crippen LogP contribution in [0.15, 0.2) is 53.3 Å². The molecule has 35 heavy (non-hydrogen) atoms. The molecule has 0 fully saturated rings. The Kier molecular flexibility index (Phi) is 6.62. The monoisotopic (exact) mass is 482 g/mol. The molecular weight excluding hydrogens is 456 g/mol. The van der Waals surface area contributed by atoms with Crippen LogP contribution in [0, 0.1) is 66.1 Å². The predicted octanol–water partition coefficient (Wildman–Crippen LogP) is 6.44. The number of hydrogen-bond acceptors (Lipinski definition) is 5. The molecule has 0 aliphatic heterocycles. The Morgan fingerprint density at radius 3 is 2.51 bits per heavy atom. The number of nitriles is 3. The molecule has 0 spiro atoms. The second-order valence-electron chi connectivity index (χ2n) is 9.44. The maximum absolute atomic E-state index is 10.3. The molecule has 4 rings (SSSR count). The van der Waals surface area contributed by atoms with E-state index in [1.807, 2.05) is 32.9 Å². The molecule has 0 radical (unpaired) electrons. The summed E-state index contributed by atoms with van der Waals surface area (Å²) in [5.41, 5.74) is 10.9. The number of rotatable bonds is 4. The average molecular weight is 483 g/mol. The molecule has 0 saturated heterocycles. The van der Waals surface area contributed by atoms with E-state index in [4.69, 9.17) is 22.1 Å². The number of aryl methyl sites for hydroxylation is 2. The molecule has 2 aliphatic rings. The standard InChI is InChI=1S/C29H27ClN4O/c1-17-10-20(14-35-26-9-8-21(30)12-18(26)2)19(3)24(11-17)27-23-7-5-4-6-22(23)25(13-31)28(34)29(27,15-32)16-33/h6,8-12,23,27H,4-5,7,14,34H2,1-3H3/t23-,27+/m0/s1. The molecule has 6 heteroatoms. The highest BCUT2D eigenvalue weighted by Crippen LogP contribution is 2.56. The van der Waals surface area contributed by atoms with E-state index in [1.54, 1.807) is 6.07 Å². The van der Waals surface area contributed by atoms with Gasteiger partial charge in [-0.05, 0) is 92.0 Å². The van der Waals surface area contributed by atoms with Crippen LogP contribution < -0.4 is 10.5 Å². The first-order chi connectivity index (χ1) is 16.8. The lowest BCUT2D eigenvalue weighted by Gasteiger charge is -2.44. The van der Waals surface area contributed by atoms with Crippen molar-refractivity contribution in [1.82, 2.24) is 0 Å². The third-order valence-electron chi connectivity index (χ3n) is 7.35. The SMILES string of the molecule is Cc1cc(COc2ccc(Cl)cc2C)c(C)c([C@H]2[C@H]3CCCC=C3C(C#N)=C(N)C2(C#N)C#N)c1. The van der Waals surface area contributed by atoms with Gasteiger partial charge in [0.25, 0.3) is 0 Å². The van der Waals surface area contributed by atoms with E-state index < -0.39 is 11.3 Å². The number of benzene rings is 2. The van der Waals surface area contributed by atoms with Gasteiger partial charge in [0, 0.05) is 10.9 Å². The topological polar surface area (TPSA) is 107 Å². The van der Waals surface area contributed by atoms with E-state index in [2.05, 4.69) is 36.4 Å². The van der Waals surface area contributed by atoms with Crippen molar-refractivity contribution < 1.29 is 4.74 Å². The molecule has 2 aromatic carbocycles. The Labute approximate surface area is 211 Å². The average Bonchev–Trinajstić information content (AvgIpc) is 2.85. The summed E-state index contributed by atoms with van der Waals surface area (Å²) in [5, 5.41) is 31.2. The minimum atomic E-state index is -1.62. The highest BCUT2D eigenvalue weighted by molar-refractivity contribution is 6.30. The van der Waals surface area contributed by atoms with Crippen molar-refractivity contribution in [2.45, 2.75) is 52.6 Å². The molecule has 2 aromatic rings. The summed E-state index contributed by atoms with van der Waals surface area (Å²) in [6.07, 6.45) is 4.65. The van der Waals surface area contributed by atoms with Crippen molar-refractivity contribution in [3.8, 4) is 24.0 Å². The van der Waals surface area contributed by atoms with Crippen molar-refractivity contribution >= 4 is 11.6 Å². The summed E-state index contributed by atoms with van der Waals surface area (Å²) in [6.45, 7) is 6.29. The molecule has 0 bridgehead atoms. The molecule has 5 nitrogen and oxygen atoms in total. The largest absolute Gasteiger partial charge is 0.489 e. The Morgan fingerprint density at radius 2 is 1.86 bits per heavy atom. The van der Waals surface area contributed by atoms with Crippen molar-refractivity contribution in [3.05, 3.63) is 86.1 Å². The zero-order valence-corrected chi connectivity index (χ0v) is 20.9. The number of nitrogens with two attached hydrogens (primary N) is 1. The lowest BCUT2D eigenvalue weighted by atomic mass is 9.56. The summed E-state index contributed by atoms with van der Waals surface area (Å²) in [7, 11) is 0. The van der Waals surface area contributed by atoms with Crippen molar-refractivity contribution in [3.63, 3.8) is 0 Å². The van der Waals surface area contributed by atoms with E-state index in [9.17, 15) is 15.8 Å². The quantitative estimate of drug-likeness (QED) is 0.539. The van der Waals surface area contributed by atoms with Gasteiger partial charge in [-0.2, -0.15) is 15.8 Å². The third-order valence-corrected chi connectivity index (χ3v) is 7.59. The molecule has 0 unspecified atom stereocenters. The Bertz CT molecular complexity index is 1370. The molecule has 2 N–H and O–H groups in total. The van der Waals surface area contributed by atoms with Gasteiger partial charge in [0.05, 0.1) is 23.4 Å². The summed E-state index contributed by atoms with van der Waals surface area (Å²) in [6, 6.07) is 16.3. The fourth-order valence-electron chi connectivity index (χ4n) is 5.58. The summed E-state index contributed by atoms with van der Waals surface area (Å²) >= 11 is 6.08. The van der Waals surface area contributed by atoms with Gasteiger partial charge in [-0.25, -0.2) is 0 Å². The molecule has 0 amide bonds. The lowest BCUT2D eigenvalue weighted by Crippen LogP contribution is -2.43. The van der Waals surface area contributed by atoms with Gasteiger partial charge >= 0.3 is 0 Å². The van der Waals surface area contributed by atoms with Crippen LogP contribution in [-0.2, 0) is 6.61 Å². The highest BCUT2D eigenvalue weighted by Gasteiger charge is 2.54. The van der Waals surface area contributed by atoms with Crippen LogP contribution in [0.5, 0.6) is 5.75 Å². The molecular formula is C29H27ClN4O. The Balaban J connectivity index is 1.85. The number of ether oxygens (including phenoxy) is 1. The minimum absolute atomic E-state index is 0.0647. The van der Waals surface area contributed by atoms with E-state index in [1.165, 1.54) is 0 Å². The Hall–Kier alpha value is -3.72. The van der Waals surface area contributed by atoms with Crippen LogP contribution in [0.2, 0.25) is 5.02 Å². The van der Waals surface area contributed by atoms with Crippen LogP contribution in [0.25, 0.3) is 0 Å². The van der Waals surface area contributed by atoms with Crippen molar-refractivity contribution in [1.29, 1.82) is 15.8 Å². The molecule has 0 heterocycles.